The van der Waals surface area contributed by atoms with E-state index in [4.69, 9.17) is 5.73 Å². The molecule has 0 saturated carbocycles. The van der Waals surface area contributed by atoms with Crippen LogP contribution >= 0.6 is 0 Å². The molecule has 82 valence electrons. The summed E-state index contributed by atoms with van der Waals surface area (Å²) in [5.41, 5.74) is 8.23. The van der Waals surface area contributed by atoms with E-state index in [1.54, 1.807) is 6.20 Å². The fourth-order valence-corrected chi connectivity index (χ4v) is 1.61. The lowest BCUT2D eigenvalue weighted by Gasteiger charge is -2.10. The van der Waals surface area contributed by atoms with Gasteiger partial charge in [0.1, 0.15) is 5.82 Å². The number of hydrogen-bond acceptors (Lipinski definition) is 3. The molecule has 0 saturated heterocycles. The highest BCUT2D eigenvalue weighted by Crippen LogP contribution is 2.12. The number of nitrogens with zero attached hydrogens (tertiary/aromatic N) is 2. The van der Waals surface area contributed by atoms with E-state index in [9.17, 15) is 0 Å². The lowest BCUT2D eigenvalue weighted by molar-refractivity contribution is 0.663. The second kappa shape index (κ2) is 4.86. The minimum absolute atomic E-state index is 0.137. The molecule has 0 aliphatic rings. The normalized spacial score (nSPS) is 12.4. The Balaban J connectivity index is 2.12. The summed E-state index contributed by atoms with van der Waals surface area (Å²) in [5, 5.41) is 0. The van der Waals surface area contributed by atoms with Crippen LogP contribution in [0.5, 0.6) is 0 Å². The van der Waals surface area contributed by atoms with Crippen molar-refractivity contribution in [1.82, 2.24) is 9.97 Å². The predicted octanol–water partition coefficient (Wildman–Crippen LogP) is 2.03. The molecular formula is C13H15N3. The van der Waals surface area contributed by atoms with Gasteiger partial charge in [0.15, 0.2) is 0 Å². The maximum absolute atomic E-state index is 6.07. The Labute approximate surface area is 95.4 Å². The minimum atomic E-state index is -0.137. The summed E-state index contributed by atoms with van der Waals surface area (Å²) in [5.74, 6) is 0.712. The molecule has 3 nitrogen and oxygen atoms in total. The van der Waals surface area contributed by atoms with Crippen LogP contribution in [0, 0.1) is 6.92 Å². The Morgan fingerprint density at radius 2 is 1.94 bits per heavy atom. The molecule has 0 aliphatic carbocycles. The van der Waals surface area contributed by atoms with Gasteiger partial charge in [0.2, 0.25) is 0 Å². The zero-order valence-corrected chi connectivity index (χ0v) is 9.30. The second-order valence-electron chi connectivity index (χ2n) is 3.85. The van der Waals surface area contributed by atoms with Gasteiger partial charge in [-0.15, -0.1) is 0 Å². The molecule has 3 heteroatoms. The van der Waals surface area contributed by atoms with Gasteiger partial charge in [-0.3, -0.25) is 0 Å². The predicted molar refractivity (Wildman–Crippen MR) is 63.8 cm³/mol. The van der Waals surface area contributed by atoms with Crippen LogP contribution in [-0.2, 0) is 6.42 Å². The topological polar surface area (TPSA) is 51.8 Å². The van der Waals surface area contributed by atoms with Crippen molar-refractivity contribution >= 4 is 0 Å². The Bertz CT molecular complexity index is 454. The largest absolute Gasteiger partial charge is 0.321 e. The Hall–Kier alpha value is -1.74. The van der Waals surface area contributed by atoms with Crippen molar-refractivity contribution in [3.05, 3.63) is 59.7 Å². The molecule has 16 heavy (non-hydrogen) atoms. The van der Waals surface area contributed by atoms with Crippen molar-refractivity contribution < 1.29 is 0 Å². The first-order valence-electron chi connectivity index (χ1n) is 5.35. The number of hydrogen-bond donors (Lipinski definition) is 1. The Morgan fingerprint density at radius 3 is 2.62 bits per heavy atom. The molecule has 0 amide bonds. The van der Waals surface area contributed by atoms with E-state index >= 15 is 0 Å². The highest BCUT2D eigenvalue weighted by molar-refractivity contribution is 5.17. The first kappa shape index (κ1) is 10.8. The van der Waals surface area contributed by atoms with Gasteiger partial charge in [-0.25, -0.2) is 9.97 Å². The third-order valence-corrected chi connectivity index (χ3v) is 2.44. The maximum Gasteiger partial charge on any atom is 0.145 e. The molecule has 2 aromatic rings. The van der Waals surface area contributed by atoms with E-state index < -0.39 is 0 Å². The van der Waals surface area contributed by atoms with Crippen LogP contribution in [0.2, 0.25) is 0 Å². The van der Waals surface area contributed by atoms with Crippen molar-refractivity contribution in [3.8, 4) is 0 Å². The number of nitrogens with two attached hydrogens (primary N) is 1. The summed E-state index contributed by atoms with van der Waals surface area (Å²) in [4.78, 5) is 8.53. The molecule has 0 spiro atoms. The fraction of sp³-hybridized carbons (Fsp3) is 0.231. The number of rotatable bonds is 3. The SMILES string of the molecule is Cc1ccnc(C(N)Cc2ccccc2)n1. The van der Waals surface area contributed by atoms with Gasteiger partial charge in [0.05, 0.1) is 6.04 Å². The van der Waals surface area contributed by atoms with Gasteiger partial charge < -0.3 is 5.73 Å². The summed E-state index contributed by atoms with van der Waals surface area (Å²) in [6.45, 7) is 1.94. The first-order valence-corrected chi connectivity index (χ1v) is 5.35. The number of aryl methyl sites for hydroxylation is 1. The average Bonchev–Trinajstić information content (AvgIpc) is 2.30. The lowest BCUT2D eigenvalue weighted by atomic mass is 10.1. The minimum Gasteiger partial charge on any atom is -0.321 e. The highest BCUT2D eigenvalue weighted by atomic mass is 14.9. The molecule has 1 unspecified atom stereocenters. The highest BCUT2D eigenvalue weighted by Gasteiger charge is 2.09. The van der Waals surface area contributed by atoms with Gasteiger partial charge in [-0.1, -0.05) is 30.3 Å². The average molecular weight is 213 g/mol. The van der Waals surface area contributed by atoms with Crippen LogP contribution in [0.15, 0.2) is 42.6 Å². The van der Waals surface area contributed by atoms with E-state index in [-0.39, 0.29) is 6.04 Å². The molecule has 0 fully saturated rings. The zero-order valence-electron chi connectivity index (χ0n) is 9.30. The van der Waals surface area contributed by atoms with Crippen LogP contribution in [-0.4, -0.2) is 9.97 Å². The molecule has 2 rings (SSSR count). The van der Waals surface area contributed by atoms with Crippen LogP contribution < -0.4 is 5.73 Å². The van der Waals surface area contributed by atoms with E-state index in [1.807, 2.05) is 31.2 Å². The molecule has 1 heterocycles. The van der Waals surface area contributed by atoms with Gasteiger partial charge >= 0.3 is 0 Å². The van der Waals surface area contributed by atoms with Gasteiger partial charge in [-0.2, -0.15) is 0 Å². The second-order valence-corrected chi connectivity index (χ2v) is 3.85. The van der Waals surface area contributed by atoms with Crippen molar-refractivity contribution in [2.45, 2.75) is 19.4 Å². The monoisotopic (exact) mass is 213 g/mol. The van der Waals surface area contributed by atoms with Crippen molar-refractivity contribution in [2.24, 2.45) is 5.73 Å². The zero-order chi connectivity index (χ0) is 11.4. The van der Waals surface area contributed by atoms with Crippen molar-refractivity contribution in [3.63, 3.8) is 0 Å². The van der Waals surface area contributed by atoms with Crippen molar-refractivity contribution in [1.29, 1.82) is 0 Å². The van der Waals surface area contributed by atoms with Gasteiger partial charge in [-0.05, 0) is 25.0 Å². The summed E-state index contributed by atoms with van der Waals surface area (Å²) < 4.78 is 0. The molecule has 1 aromatic carbocycles. The Morgan fingerprint density at radius 1 is 1.19 bits per heavy atom. The smallest absolute Gasteiger partial charge is 0.145 e. The third kappa shape index (κ3) is 2.64. The molecule has 1 aromatic heterocycles. The molecular weight excluding hydrogens is 198 g/mol. The van der Waals surface area contributed by atoms with Crippen LogP contribution in [0.4, 0.5) is 0 Å². The van der Waals surface area contributed by atoms with Gasteiger partial charge in [0.25, 0.3) is 0 Å². The van der Waals surface area contributed by atoms with E-state index in [0.29, 0.717) is 5.82 Å². The maximum atomic E-state index is 6.07. The van der Waals surface area contributed by atoms with E-state index in [0.717, 1.165) is 12.1 Å². The molecule has 1 atom stereocenters. The van der Waals surface area contributed by atoms with Crippen LogP contribution in [0.1, 0.15) is 23.1 Å². The number of aromatic nitrogens is 2. The summed E-state index contributed by atoms with van der Waals surface area (Å²) in [7, 11) is 0. The van der Waals surface area contributed by atoms with E-state index in [1.165, 1.54) is 5.56 Å². The summed E-state index contributed by atoms with van der Waals surface area (Å²) in [6, 6.07) is 11.9. The molecule has 2 N–H and O–H groups in total. The summed E-state index contributed by atoms with van der Waals surface area (Å²) in [6.07, 6.45) is 2.52. The standard InChI is InChI=1S/C13H15N3/c1-10-7-8-15-13(16-10)12(14)9-11-5-3-2-4-6-11/h2-8,12H,9,14H2,1H3. The first-order chi connectivity index (χ1) is 7.75. The molecule has 0 bridgehead atoms. The molecule has 0 radical (unpaired) electrons. The molecule has 0 aliphatic heterocycles. The summed E-state index contributed by atoms with van der Waals surface area (Å²) >= 11 is 0. The Kier molecular flexibility index (Phi) is 3.27. The lowest BCUT2D eigenvalue weighted by Crippen LogP contribution is -2.16. The van der Waals surface area contributed by atoms with Crippen LogP contribution in [0.25, 0.3) is 0 Å². The van der Waals surface area contributed by atoms with Gasteiger partial charge in [0, 0.05) is 11.9 Å². The quantitative estimate of drug-likeness (QED) is 0.848. The van der Waals surface area contributed by atoms with Crippen molar-refractivity contribution in [2.75, 3.05) is 0 Å². The fourth-order valence-electron chi connectivity index (χ4n) is 1.61. The third-order valence-electron chi connectivity index (χ3n) is 2.44. The van der Waals surface area contributed by atoms with Crippen LogP contribution in [0.3, 0.4) is 0 Å². The van der Waals surface area contributed by atoms with E-state index in [2.05, 4.69) is 22.1 Å². The number of benzene rings is 1.